The molecule has 0 fully saturated rings. The highest BCUT2D eigenvalue weighted by molar-refractivity contribution is 6.26. The topological polar surface area (TPSA) is 46.5 Å². The summed E-state index contributed by atoms with van der Waals surface area (Å²) in [5.74, 6) is 1.14. The summed E-state index contributed by atoms with van der Waals surface area (Å²) in [6.45, 7) is 0. The second-order valence-corrected chi connectivity index (χ2v) is 5.06. The van der Waals surface area contributed by atoms with Gasteiger partial charge in [-0.05, 0) is 41.8 Å². The predicted molar refractivity (Wildman–Crippen MR) is 82.3 cm³/mol. The first-order valence-electron chi connectivity index (χ1n) is 6.89. The predicted octanol–water partition coefficient (Wildman–Crippen LogP) is 3.46. The van der Waals surface area contributed by atoms with Gasteiger partial charge in [0.25, 0.3) is 0 Å². The summed E-state index contributed by atoms with van der Waals surface area (Å²) >= 11 is 0. The summed E-state index contributed by atoms with van der Waals surface area (Å²) in [6.07, 6.45) is 3.02. The third kappa shape index (κ3) is 2.55. The first-order valence-corrected chi connectivity index (χ1v) is 6.89. The van der Waals surface area contributed by atoms with Crippen LogP contribution in [-0.2, 0) is 11.2 Å². The molecule has 2 aromatic rings. The molecule has 0 saturated heterocycles. The van der Waals surface area contributed by atoms with Crippen LogP contribution in [0.5, 0.6) is 11.5 Å². The highest BCUT2D eigenvalue weighted by Crippen LogP contribution is 2.35. The average molecular weight is 280 g/mol. The van der Waals surface area contributed by atoms with Gasteiger partial charge in [-0.2, -0.15) is 0 Å². The van der Waals surface area contributed by atoms with Crippen LogP contribution in [0.25, 0.3) is 11.6 Å². The monoisotopic (exact) mass is 280 g/mol. The molecule has 21 heavy (non-hydrogen) atoms. The Morgan fingerprint density at radius 3 is 2.71 bits per heavy atom. The van der Waals surface area contributed by atoms with Crippen molar-refractivity contribution in [1.29, 1.82) is 0 Å². The molecule has 1 N–H and O–H groups in total. The number of Topliss-reactive ketones (excluding diaryl/α,β-unsaturated/α-hetero) is 1. The number of carbonyl (C=O) groups is 1. The van der Waals surface area contributed by atoms with Crippen LogP contribution in [0.4, 0.5) is 0 Å². The maximum absolute atomic E-state index is 12.3. The lowest BCUT2D eigenvalue weighted by molar-refractivity contribution is -0.113. The molecule has 3 heteroatoms. The van der Waals surface area contributed by atoms with Gasteiger partial charge in [-0.3, -0.25) is 4.79 Å². The third-order valence-electron chi connectivity index (χ3n) is 3.73. The lowest BCUT2D eigenvalue weighted by Crippen LogP contribution is -2.13. The zero-order valence-electron chi connectivity index (χ0n) is 11.8. The minimum absolute atomic E-state index is 0.124. The van der Waals surface area contributed by atoms with Gasteiger partial charge in [0.05, 0.1) is 7.11 Å². The normalized spacial score (nSPS) is 15.9. The van der Waals surface area contributed by atoms with Crippen molar-refractivity contribution in [3.63, 3.8) is 0 Å². The SMILES string of the molecule is COc1cccc2c1CCC(=O)/C2=C/c1cccc(O)c1. The first-order chi connectivity index (χ1) is 10.2. The molecule has 3 nitrogen and oxygen atoms in total. The Kier molecular flexibility index (Phi) is 3.48. The van der Waals surface area contributed by atoms with Crippen molar-refractivity contribution in [2.45, 2.75) is 12.8 Å². The molecular formula is C18H16O3. The fourth-order valence-corrected chi connectivity index (χ4v) is 2.73. The Morgan fingerprint density at radius 1 is 1.14 bits per heavy atom. The van der Waals surface area contributed by atoms with E-state index in [4.69, 9.17) is 4.74 Å². The van der Waals surface area contributed by atoms with Crippen LogP contribution in [0.15, 0.2) is 42.5 Å². The summed E-state index contributed by atoms with van der Waals surface area (Å²) in [6, 6.07) is 12.7. The van der Waals surface area contributed by atoms with E-state index in [0.29, 0.717) is 18.4 Å². The van der Waals surface area contributed by atoms with Crippen LogP contribution in [0.1, 0.15) is 23.1 Å². The molecular weight excluding hydrogens is 264 g/mol. The largest absolute Gasteiger partial charge is 0.508 e. The van der Waals surface area contributed by atoms with E-state index in [9.17, 15) is 9.90 Å². The number of ketones is 1. The molecule has 0 aromatic heterocycles. The number of benzene rings is 2. The molecule has 1 aliphatic carbocycles. The van der Waals surface area contributed by atoms with Gasteiger partial charge in [0.1, 0.15) is 11.5 Å². The number of hydrogen-bond acceptors (Lipinski definition) is 3. The number of ether oxygens (including phenoxy) is 1. The van der Waals surface area contributed by atoms with Crippen LogP contribution >= 0.6 is 0 Å². The zero-order chi connectivity index (χ0) is 14.8. The van der Waals surface area contributed by atoms with E-state index < -0.39 is 0 Å². The van der Waals surface area contributed by atoms with Gasteiger partial charge in [-0.1, -0.05) is 24.3 Å². The van der Waals surface area contributed by atoms with Gasteiger partial charge in [0.15, 0.2) is 5.78 Å². The summed E-state index contributed by atoms with van der Waals surface area (Å²) in [4.78, 5) is 12.3. The Bertz CT molecular complexity index is 729. The highest BCUT2D eigenvalue weighted by atomic mass is 16.5. The Morgan fingerprint density at radius 2 is 1.95 bits per heavy atom. The quantitative estimate of drug-likeness (QED) is 0.857. The second kappa shape index (κ2) is 5.44. The van der Waals surface area contributed by atoms with Crippen LogP contribution < -0.4 is 4.74 Å². The van der Waals surface area contributed by atoms with E-state index in [1.807, 2.05) is 30.3 Å². The number of phenolic OH excluding ortho intramolecular Hbond substituents is 1. The fraction of sp³-hybridized carbons (Fsp3) is 0.167. The standard InChI is InChI=1S/C18H16O3/c1-21-18-7-3-6-14-15(18)8-9-17(20)16(14)11-12-4-2-5-13(19)10-12/h2-7,10-11,19H,8-9H2,1H3/b16-11+. The fourth-order valence-electron chi connectivity index (χ4n) is 2.73. The van der Waals surface area contributed by atoms with Crippen molar-refractivity contribution in [2.24, 2.45) is 0 Å². The van der Waals surface area contributed by atoms with Gasteiger partial charge >= 0.3 is 0 Å². The van der Waals surface area contributed by atoms with Gasteiger partial charge in [0, 0.05) is 17.6 Å². The summed E-state index contributed by atoms with van der Waals surface area (Å²) in [5, 5.41) is 9.55. The average Bonchev–Trinajstić information content (AvgIpc) is 2.49. The van der Waals surface area contributed by atoms with Crippen molar-refractivity contribution < 1.29 is 14.6 Å². The number of methoxy groups -OCH3 is 1. The van der Waals surface area contributed by atoms with E-state index >= 15 is 0 Å². The third-order valence-corrected chi connectivity index (χ3v) is 3.73. The molecule has 0 amide bonds. The molecule has 2 aromatic carbocycles. The molecule has 0 saturated carbocycles. The first kappa shape index (κ1) is 13.4. The highest BCUT2D eigenvalue weighted by Gasteiger charge is 2.23. The van der Waals surface area contributed by atoms with Crippen molar-refractivity contribution in [3.05, 3.63) is 59.2 Å². The molecule has 0 radical (unpaired) electrons. The molecule has 0 unspecified atom stereocenters. The summed E-state index contributed by atoms with van der Waals surface area (Å²) in [7, 11) is 1.64. The van der Waals surface area contributed by atoms with Crippen molar-refractivity contribution in [1.82, 2.24) is 0 Å². The van der Waals surface area contributed by atoms with Crippen molar-refractivity contribution >= 4 is 17.4 Å². The molecule has 0 aliphatic heterocycles. The minimum atomic E-state index is 0.124. The van der Waals surface area contributed by atoms with Crippen molar-refractivity contribution in [3.8, 4) is 11.5 Å². The van der Waals surface area contributed by atoms with Crippen LogP contribution in [0.3, 0.4) is 0 Å². The summed E-state index contributed by atoms with van der Waals surface area (Å²) < 4.78 is 5.39. The zero-order valence-corrected chi connectivity index (χ0v) is 11.8. The van der Waals surface area contributed by atoms with Crippen LogP contribution in [0, 0.1) is 0 Å². The van der Waals surface area contributed by atoms with E-state index in [-0.39, 0.29) is 11.5 Å². The van der Waals surface area contributed by atoms with E-state index in [0.717, 1.165) is 22.4 Å². The van der Waals surface area contributed by atoms with E-state index in [1.54, 1.807) is 25.3 Å². The molecule has 0 spiro atoms. The van der Waals surface area contributed by atoms with Crippen molar-refractivity contribution in [2.75, 3.05) is 7.11 Å². The van der Waals surface area contributed by atoms with Gasteiger partial charge in [0.2, 0.25) is 0 Å². The molecule has 0 heterocycles. The minimum Gasteiger partial charge on any atom is -0.508 e. The number of carbonyl (C=O) groups excluding carboxylic acids is 1. The molecule has 3 rings (SSSR count). The van der Waals surface area contributed by atoms with E-state index in [2.05, 4.69) is 0 Å². The van der Waals surface area contributed by atoms with Gasteiger partial charge in [-0.25, -0.2) is 0 Å². The Labute approximate surface area is 123 Å². The van der Waals surface area contributed by atoms with Gasteiger partial charge in [-0.15, -0.1) is 0 Å². The van der Waals surface area contributed by atoms with Crippen LogP contribution in [0.2, 0.25) is 0 Å². The number of fused-ring (bicyclic) bond motifs is 1. The van der Waals surface area contributed by atoms with Gasteiger partial charge < -0.3 is 9.84 Å². The number of hydrogen-bond donors (Lipinski definition) is 1. The Hall–Kier alpha value is -2.55. The number of allylic oxidation sites excluding steroid dienone is 1. The molecule has 106 valence electrons. The summed E-state index contributed by atoms with van der Waals surface area (Å²) in [5.41, 5.74) is 3.50. The number of phenols is 1. The smallest absolute Gasteiger partial charge is 0.163 e. The molecule has 1 aliphatic rings. The van der Waals surface area contributed by atoms with E-state index in [1.165, 1.54) is 0 Å². The maximum atomic E-state index is 12.3. The lowest BCUT2D eigenvalue weighted by Gasteiger charge is -2.20. The van der Waals surface area contributed by atoms with Crippen LogP contribution in [-0.4, -0.2) is 18.0 Å². The number of rotatable bonds is 2. The maximum Gasteiger partial charge on any atom is 0.163 e. The molecule has 0 atom stereocenters. The Balaban J connectivity index is 2.13. The molecule has 0 bridgehead atoms. The lowest BCUT2D eigenvalue weighted by atomic mass is 9.85. The number of aromatic hydroxyl groups is 1. The second-order valence-electron chi connectivity index (χ2n) is 5.06.